The molecule has 4 rings (SSSR count). The number of anilines is 2. The van der Waals surface area contributed by atoms with Crippen molar-refractivity contribution in [3.63, 3.8) is 0 Å². The van der Waals surface area contributed by atoms with Gasteiger partial charge in [-0.15, -0.1) is 0 Å². The number of halogens is 1. The fourth-order valence-corrected chi connectivity index (χ4v) is 5.52. The SMILES string of the molecule is Cc1ccccc1N1C(=O)c2cc(S(N)(=O)=O)c(Cl)cc2NC1CC1CCCC1. The molecule has 8 heteroatoms. The van der Waals surface area contributed by atoms with Gasteiger partial charge in [0.25, 0.3) is 5.91 Å². The summed E-state index contributed by atoms with van der Waals surface area (Å²) >= 11 is 6.17. The molecule has 2 aromatic carbocycles. The van der Waals surface area contributed by atoms with E-state index in [-0.39, 0.29) is 27.6 Å². The highest BCUT2D eigenvalue weighted by Gasteiger charge is 2.36. The van der Waals surface area contributed by atoms with E-state index in [2.05, 4.69) is 5.32 Å². The number of carbonyl (C=O) groups is 1. The Balaban J connectivity index is 1.82. The standard InChI is InChI=1S/C21H24ClN3O3S/c1-13-6-2-5-9-18(13)25-20(10-14-7-3-4-8-14)24-17-12-16(22)19(29(23,27)28)11-15(17)21(25)26/h2,5-6,9,11-12,14,20,24H,3-4,7-8,10H2,1H3,(H2,23,27,28). The molecule has 1 atom stereocenters. The molecule has 0 radical (unpaired) electrons. The van der Waals surface area contributed by atoms with Crippen molar-refractivity contribution in [1.82, 2.24) is 0 Å². The minimum Gasteiger partial charge on any atom is -0.364 e. The van der Waals surface area contributed by atoms with Crippen molar-refractivity contribution in [3.8, 4) is 0 Å². The number of hydrogen-bond donors (Lipinski definition) is 2. The Hall–Kier alpha value is -2.09. The normalized spacial score (nSPS) is 19.9. The summed E-state index contributed by atoms with van der Waals surface area (Å²) < 4.78 is 23.8. The summed E-state index contributed by atoms with van der Waals surface area (Å²) in [5.41, 5.74) is 2.58. The molecule has 29 heavy (non-hydrogen) atoms. The van der Waals surface area contributed by atoms with E-state index in [4.69, 9.17) is 16.7 Å². The minimum absolute atomic E-state index is 0.00973. The second kappa shape index (κ2) is 7.63. The molecule has 1 saturated carbocycles. The fraction of sp³-hybridized carbons (Fsp3) is 0.381. The maximum Gasteiger partial charge on any atom is 0.262 e. The van der Waals surface area contributed by atoms with Crippen LogP contribution in [0.25, 0.3) is 0 Å². The number of benzene rings is 2. The molecule has 6 nitrogen and oxygen atoms in total. The van der Waals surface area contributed by atoms with E-state index in [9.17, 15) is 13.2 Å². The lowest BCUT2D eigenvalue weighted by Crippen LogP contribution is -2.50. The number of nitrogens with two attached hydrogens (primary N) is 1. The summed E-state index contributed by atoms with van der Waals surface area (Å²) in [6.45, 7) is 1.96. The van der Waals surface area contributed by atoms with Crippen LogP contribution in [0.3, 0.4) is 0 Å². The minimum atomic E-state index is -4.04. The number of carbonyl (C=O) groups excluding carboxylic acids is 1. The van der Waals surface area contributed by atoms with E-state index in [1.54, 1.807) is 4.90 Å². The van der Waals surface area contributed by atoms with E-state index in [0.29, 0.717) is 11.6 Å². The monoisotopic (exact) mass is 433 g/mol. The quantitative estimate of drug-likeness (QED) is 0.752. The summed E-state index contributed by atoms with van der Waals surface area (Å²) in [6, 6.07) is 10.5. The first-order valence-electron chi connectivity index (χ1n) is 9.78. The van der Waals surface area contributed by atoms with Crippen molar-refractivity contribution >= 4 is 38.9 Å². The predicted octanol–water partition coefficient (Wildman–Crippen LogP) is 4.27. The summed E-state index contributed by atoms with van der Waals surface area (Å²) in [6.07, 6.45) is 5.35. The highest BCUT2D eigenvalue weighted by atomic mass is 35.5. The lowest BCUT2D eigenvalue weighted by atomic mass is 9.97. The second-order valence-corrected chi connectivity index (χ2v) is 9.82. The molecule has 0 saturated heterocycles. The smallest absolute Gasteiger partial charge is 0.262 e. The maximum atomic E-state index is 13.6. The van der Waals surface area contributed by atoms with Crippen LogP contribution < -0.4 is 15.4 Å². The second-order valence-electron chi connectivity index (χ2n) is 7.88. The van der Waals surface area contributed by atoms with Gasteiger partial charge in [0.05, 0.1) is 16.3 Å². The number of hydrogen-bond acceptors (Lipinski definition) is 4. The van der Waals surface area contributed by atoms with Gasteiger partial charge in [-0.25, -0.2) is 13.6 Å². The average Bonchev–Trinajstić information content (AvgIpc) is 3.15. The topological polar surface area (TPSA) is 92.5 Å². The van der Waals surface area contributed by atoms with Gasteiger partial charge in [-0.3, -0.25) is 9.69 Å². The molecule has 1 aliphatic heterocycles. The van der Waals surface area contributed by atoms with Gasteiger partial charge in [0, 0.05) is 5.69 Å². The van der Waals surface area contributed by atoms with Crippen molar-refractivity contribution in [2.45, 2.75) is 50.1 Å². The van der Waals surface area contributed by atoms with Gasteiger partial charge in [-0.2, -0.15) is 0 Å². The van der Waals surface area contributed by atoms with E-state index in [0.717, 1.165) is 30.5 Å². The van der Waals surface area contributed by atoms with Gasteiger partial charge in [0.1, 0.15) is 11.1 Å². The van der Waals surface area contributed by atoms with Crippen LogP contribution in [0.1, 0.15) is 48.0 Å². The Morgan fingerprint density at radius 3 is 2.55 bits per heavy atom. The van der Waals surface area contributed by atoms with Gasteiger partial charge in [-0.05, 0) is 43.0 Å². The molecule has 1 amide bonds. The highest BCUT2D eigenvalue weighted by molar-refractivity contribution is 7.89. The molecule has 0 bridgehead atoms. The molecule has 1 unspecified atom stereocenters. The van der Waals surface area contributed by atoms with Crippen molar-refractivity contribution in [3.05, 3.63) is 52.5 Å². The number of nitrogens with one attached hydrogen (secondary N) is 1. The predicted molar refractivity (Wildman–Crippen MR) is 115 cm³/mol. The first-order chi connectivity index (χ1) is 13.8. The van der Waals surface area contributed by atoms with Gasteiger partial charge in [0.2, 0.25) is 10.0 Å². The van der Waals surface area contributed by atoms with Gasteiger partial charge in [-0.1, -0.05) is 55.5 Å². The first-order valence-corrected chi connectivity index (χ1v) is 11.7. The summed E-state index contributed by atoms with van der Waals surface area (Å²) in [5.74, 6) is 0.296. The highest BCUT2D eigenvalue weighted by Crippen LogP contribution is 2.39. The number of primary sulfonamides is 1. The number of fused-ring (bicyclic) bond motifs is 1. The zero-order chi connectivity index (χ0) is 20.8. The summed E-state index contributed by atoms with van der Waals surface area (Å²) in [7, 11) is -4.04. The molecule has 1 aliphatic carbocycles. The molecule has 3 N–H and O–H groups in total. The lowest BCUT2D eigenvalue weighted by Gasteiger charge is -2.40. The Labute approximate surface area is 176 Å². The lowest BCUT2D eigenvalue weighted by molar-refractivity contribution is 0.0971. The molecule has 0 spiro atoms. The Morgan fingerprint density at radius 2 is 1.90 bits per heavy atom. The average molecular weight is 434 g/mol. The molecular weight excluding hydrogens is 410 g/mol. The number of aryl methyl sites for hydroxylation is 1. The van der Waals surface area contributed by atoms with Crippen LogP contribution in [0.4, 0.5) is 11.4 Å². The van der Waals surface area contributed by atoms with Crippen LogP contribution in [0, 0.1) is 12.8 Å². The van der Waals surface area contributed by atoms with Crippen molar-refractivity contribution < 1.29 is 13.2 Å². The first kappa shape index (κ1) is 20.2. The molecule has 1 fully saturated rings. The fourth-order valence-electron chi connectivity index (χ4n) is 4.42. The Kier molecular flexibility index (Phi) is 5.31. The Bertz CT molecular complexity index is 1060. The van der Waals surface area contributed by atoms with Gasteiger partial charge in [0.15, 0.2) is 0 Å². The third-order valence-electron chi connectivity index (χ3n) is 5.87. The molecule has 2 aliphatic rings. The third-order valence-corrected chi connectivity index (χ3v) is 7.24. The van der Waals surface area contributed by atoms with Gasteiger partial charge < -0.3 is 5.32 Å². The Morgan fingerprint density at radius 1 is 1.21 bits per heavy atom. The molecule has 2 aromatic rings. The van der Waals surface area contributed by atoms with E-state index in [1.807, 2.05) is 31.2 Å². The van der Waals surface area contributed by atoms with Crippen LogP contribution >= 0.6 is 11.6 Å². The zero-order valence-electron chi connectivity index (χ0n) is 16.2. The van der Waals surface area contributed by atoms with Crippen LogP contribution in [0.15, 0.2) is 41.3 Å². The van der Waals surface area contributed by atoms with Crippen LogP contribution in [-0.2, 0) is 10.0 Å². The van der Waals surface area contributed by atoms with Crippen molar-refractivity contribution in [2.24, 2.45) is 11.1 Å². The summed E-state index contributed by atoms with van der Waals surface area (Å²) in [5, 5.41) is 8.73. The number of nitrogens with zero attached hydrogens (tertiary/aromatic N) is 1. The number of amides is 1. The van der Waals surface area contributed by atoms with Crippen LogP contribution in [0.5, 0.6) is 0 Å². The summed E-state index contributed by atoms with van der Waals surface area (Å²) in [4.78, 5) is 15.1. The van der Waals surface area contributed by atoms with E-state index >= 15 is 0 Å². The zero-order valence-corrected chi connectivity index (χ0v) is 17.8. The molecule has 0 aromatic heterocycles. The maximum absolute atomic E-state index is 13.6. The third kappa shape index (κ3) is 3.86. The largest absolute Gasteiger partial charge is 0.364 e. The molecule has 154 valence electrons. The van der Waals surface area contributed by atoms with Crippen molar-refractivity contribution in [1.29, 1.82) is 0 Å². The number of sulfonamides is 1. The van der Waals surface area contributed by atoms with Crippen molar-refractivity contribution in [2.75, 3.05) is 10.2 Å². The van der Waals surface area contributed by atoms with E-state index in [1.165, 1.54) is 25.0 Å². The van der Waals surface area contributed by atoms with Gasteiger partial charge >= 0.3 is 0 Å². The molecular formula is C21H24ClN3O3S. The van der Waals surface area contributed by atoms with Crippen LogP contribution in [0.2, 0.25) is 5.02 Å². The number of rotatable bonds is 4. The van der Waals surface area contributed by atoms with Crippen LogP contribution in [-0.4, -0.2) is 20.5 Å². The number of para-hydroxylation sites is 1. The van der Waals surface area contributed by atoms with E-state index < -0.39 is 10.0 Å². The molecule has 1 heterocycles.